The van der Waals surface area contributed by atoms with Crippen LogP contribution in [0.3, 0.4) is 0 Å². The number of ether oxygens (including phenoxy) is 1. The lowest BCUT2D eigenvalue weighted by molar-refractivity contribution is -0.140. The number of thioether (sulfide) groups is 1. The van der Waals surface area contributed by atoms with E-state index in [0.717, 1.165) is 4.90 Å². The Morgan fingerprint density at radius 1 is 1.47 bits per heavy atom. The van der Waals surface area contributed by atoms with Gasteiger partial charge >= 0.3 is 5.97 Å². The smallest absolute Gasteiger partial charge is 0.325 e. The highest BCUT2D eigenvalue weighted by Gasteiger charge is 2.18. The van der Waals surface area contributed by atoms with Crippen molar-refractivity contribution in [3.05, 3.63) is 28.8 Å². The largest absolute Gasteiger partial charge is 0.468 e. The predicted molar refractivity (Wildman–Crippen MR) is 77.2 cm³/mol. The average molecular weight is 322 g/mol. The lowest BCUT2D eigenvalue weighted by atomic mass is 10.2. The fourth-order valence-electron chi connectivity index (χ4n) is 1.29. The molecule has 0 spiro atoms. The van der Waals surface area contributed by atoms with Crippen LogP contribution in [0.25, 0.3) is 0 Å². The van der Waals surface area contributed by atoms with Gasteiger partial charge in [0.2, 0.25) is 0 Å². The van der Waals surface area contributed by atoms with Crippen LogP contribution in [0.5, 0.6) is 0 Å². The summed E-state index contributed by atoms with van der Waals surface area (Å²) >= 11 is 13.2. The summed E-state index contributed by atoms with van der Waals surface area (Å²) in [7, 11) is 1.23. The standard InChI is InChI=1S/C12H13Cl2NO3S/c1-18-12(17)10(14)6-15-11(16)8-5-7(19-2)3-4-9(8)13/h3-5,10H,6H2,1-2H3,(H,15,16). The highest BCUT2D eigenvalue weighted by Crippen LogP contribution is 2.22. The number of benzene rings is 1. The van der Waals surface area contributed by atoms with Gasteiger partial charge in [-0.15, -0.1) is 23.4 Å². The second kappa shape index (κ2) is 7.62. The summed E-state index contributed by atoms with van der Waals surface area (Å²) in [6.07, 6.45) is 1.90. The molecule has 0 aliphatic carbocycles. The molecule has 0 aromatic heterocycles. The second-order valence-corrected chi connectivity index (χ2v) is 5.36. The number of hydrogen-bond acceptors (Lipinski definition) is 4. The molecule has 0 radical (unpaired) electrons. The number of alkyl halides is 1. The number of carbonyl (C=O) groups excluding carboxylic acids is 2. The molecule has 0 aliphatic rings. The molecule has 0 bridgehead atoms. The molecule has 1 amide bonds. The van der Waals surface area contributed by atoms with Crippen LogP contribution in [0.4, 0.5) is 0 Å². The Bertz CT molecular complexity index is 482. The van der Waals surface area contributed by atoms with E-state index in [2.05, 4.69) is 10.1 Å². The molecule has 104 valence electrons. The van der Waals surface area contributed by atoms with Crippen LogP contribution in [0.1, 0.15) is 10.4 Å². The number of nitrogens with one attached hydrogen (secondary N) is 1. The number of methoxy groups -OCH3 is 1. The van der Waals surface area contributed by atoms with Crippen LogP contribution in [0.15, 0.2) is 23.1 Å². The fraction of sp³-hybridized carbons (Fsp3) is 0.333. The SMILES string of the molecule is COC(=O)C(Cl)CNC(=O)c1cc(SC)ccc1Cl. The number of rotatable bonds is 5. The van der Waals surface area contributed by atoms with Gasteiger partial charge in [-0.2, -0.15) is 0 Å². The van der Waals surface area contributed by atoms with Crippen molar-refractivity contribution in [1.82, 2.24) is 5.32 Å². The molecular weight excluding hydrogens is 309 g/mol. The molecule has 1 rings (SSSR count). The minimum atomic E-state index is -0.920. The van der Waals surface area contributed by atoms with Gasteiger partial charge in [-0.1, -0.05) is 11.6 Å². The Morgan fingerprint density at radius 3 is 2.74 bits per heavy atom. The van der Waals surface area contributed by atoms with E-state index in [9.17, 15) is 9.59 Å². The van der Waals surface area contributed by atoms with Crippen molar-refractivity contribution in [2.75, 3.05) is 19.9 Å². The Hall–Kier alpha value is -0.910. The van der Waals surface area contributed by atoms with E-state index < -0.39 is 11.3 Å². The third-order valence-electron chi connectivity index (χ3n) is 2.32. The van der Waals surface area contributed by atoms with Gasteiger partial charge in [0.15, 0.2) is 0 Å². The van der Waals surface area contributed by atoms with Crippen molar-refractivity contribution in [3.8, 4) is 0 Å². The molecule has 0 saturated carbocycles. The Kier molecular flexibility index (Phi) is 6.48. The summed E-state index contributed by atoms with van der Waals surface area (Å²) in [5.41, 5.74) is 0.349. The second-order valence-electron chi connectivity index (χ2n) is 3.55. The zero-order valence-corrected chi connectivity index (χ0v) is 12.7. The van der Waals surface area contributed by atoms with Crippen LogP contribution in [-0.4, -0.2) is 37.2 Å². The number of hydrogen-bond donors (Lipinski definition) is 1. The van der Waals surface area contributed by atoms with Gasteiger partial charge in [-0.3, -0.25) is 9.59 Å². The molecule has 19 heavy (non-hydrogen) atoms. The van der Waals surface area contributed by atoms with E-state index in [1.165, 1.54) is 18.9 Å². The van der Waals surface area contributed by atoms with Crippen molar-refractivity contribution in [1.29, 1.82) is 0 Å². The summed E-state index contributed by atoms with van der Waals surface area (Å²) in [4.78, 5) is 23.9. The molecule has 0 heterocycles. The third kappa shape index (κ3) is 4.60. The first-order valence-corrected chi connectivity index (χ1v) is 7.37. The first-order chi connectivity index (χ1) is 8.99. The first kappa shape index (κ1) is 16.1. The summed E-state index contributed by atoms with van der Waals surface area (Å²) in [6.45, 7) is -0.0209. The molecule has 0 fully saturated rings. The van der Waals surface area contributed by atoms with Crippen LogP contribution < -0.4 is 5.32 Å². The van der Waals surface area contributed by atoms with Gasteiger partial charge in [0.1, 0.15) is 5.38 Å². The van der Waals surface area contributed by atoms with Crippen molar-refractivity contribution >= 4 is 46.8 Å². The average Bonchev–Trinajstić information content (AvgIpc) is 2.43. The molecule has 0 aliphatic heterocycles. The number of amides is 1. The first-order valence-electron chi connectivity index (χ1n) is 5.33. The maximum atomic E-state index is 11.9. The summed E-state index contributed by atoms with van der Waals surface area (Å²) in [5, 5.41) is 1.97. The van der Waals surface area contributed by atoms with E-state index in [1.807, 2.05) is 12.3 Å². The zero-order valence-electron chi connectivity index (χ0n) is 10.4. The van der Waals surface area contributed by atoms with E-state index in [-0.39, 0.29) is 12.5 Å². The molecular formula is C12H13Cl2NO3S. The molecule has 1 aromatic carbocycles. The monoisotopic (exact) mass is 321 g/mol. The van der Waals surface area contributed by atoms with Gasteiger partial charge in [0.25, 0.3) is 5.91 Å². The zero-order chi connectivity index (χ0) is 14.4. The number of carbonyl (C=O) groups is 2. The molecule has 7 heteroatoms. The maximum absolute atomic E-state index is 11.9. The predicted octanol–water partition coefficient (Wildman–Crippen LogP) is 2.57. The van der Waals surface area contributed by atoms with E-state index >= 15 is 0 Å². The minimum absolute atomic E-state index is 0.0209. The normalized spacial score (nSPS) is 11.8. The van der Waals surface area contributed by atoms with Crippen LogP contribution >= 0.6 is 35.0 Å². The molecule has 4 nitrogen and oxygen atoms in total. The molecule has 1 aromatic rings. The van der Waals surface area contributed by atoms with Gasteiger partial charge in [0, 0.05) is 11.4 Å². The summed E-state index contributed by atoms with van der Waals surface area (Å²) < 4.78 is 4.46. The van der Waals surface area contributed by atoms with Crippen molar-refractivity contribution in [2.24, 2.45) is 0 Å². The van der Waals surface area contributed by atoms with Crippen LogP contribution in [0.2, 0.25) is 5.02 Å². The van der Waals surface area contributed by atoms with Crippen molar-refractivity contribution < 1.29 is 14.3 Å². The number of esters is 1. The Labute approximate surface area is 125 Å². The van der Waals surface area contributed by atoms with Crippen molar-refractivity contribution in [3.63, 3.8) is 0 Å². The minimum Gasteiger partial charge on any atom is -0.468 e. The third-order valence-corrected chi connectivity index (χ3v) is 3.70. The summed E-state index contributed by atoms with van der Waals surface area (Å²) in [5.74, 6) is -0.971. The van der Waals surface area contributed by atoms with Gasteiger partial charge in [0.05, 0.1) is 17.7 Å². The lowest BCUT2D eigenvalue weighted by Crippen LogP contribution is -2.34. The Morgan fingerprint density at radius 2 is 2.16 bits per heavy atom. The van der Waals surface area contributed by atoms with Gasteiger partial charge in [-0.05, 0) is 24.5 Å². The fourth-order valence-corrected chi connectivity index (χ4v) is 2.10. The van der Waals surface area contributed by atoms with Gasteiger partial charge in [-0.25, -0.2) is 0 Å². The summed E-state index contributed by atoms with van der Waals surface area (Å²) in [6, 6.07) is 5.16. The van der Waals surface area contributed by atoms with Crippen LogP contribution in [0, 0.1) is 0 Å². The Balaban J connectivity index is 2.70. The van der Waals surface area contributed by atoms with E-state index in [0.29, 0.717) is 10.6 Å². The van der Waals surface area contributed by atoms with E-state index in [4.69, 9.17) is 23.2 Å². The van der Waals surface area contributed by atoms with E-state index in [1.54, 1.807) is 12.1 Å². The number of halogens is 2. The topological polar surface area (TPSA) is 55.4 Å². The highest BCUT2D eigenvalue weighted by molar-refractivity contribution is 7.98. The van der Waals surface area contributed by atoms with Gasteiger partial charge < -0.3 is 10.1 Å². The highest BCUT2D eigenvalue weighted by atomic mass is 35.5. The van der Waals surface area contributed by atoms with Crippen LogP contribution in [-0.2, 0) is 9.53 Å². The van der Waals surface area contributed by atoms with Crippen molar-refractivity contribution in [2.45, 2.75) is 10.3 Å². The lowest BCUT2D eigenvalue weighted by Gasteiger charge is -2.10. The molecule has 1 N–H and O–H groups in total. The molecule has 1 unspecified atom stereocenters. The molecule has 1 atom stereocenters. The molecule has 0 saturated heterocycles. The quantitative estimate of drug-likeness (QED) is 0.514. The maximum Gasteiger partial charge on any atom is 0.325 e.